The number of aliphatic hydroxyl groups is 2. The van der Waals surface area contributed by atoms with Crippen LogP contribution >= 0.6 is 0 Å². The maximum Gasteiger partial charge on any atom is 0.350 e. The SMILES string of the molecule is Cc1ccn([C@]2(C)O[C@@](COC(C)C)(N=[N+]=[N-])[C@@H](O)[C@H]2O)c(=O)n1. The topological polar surface area (TPSA) is 143 Å². The molecule has 10 nitrogen and oxygen atoms in total. The Balaban J connectivity index is 2.50. The van der Waals surface area contributed by atoms with Gasteiger partial charge < -0.3 is 19.7 Å². The first-order chi connectivity index (χ1) is 11.2. The van der Waals surface area contributed by atoms with Crippen molar-refractivity contribution >= 4 is 0 Å². The van der Waals surface area contributed by atoms with E-state index in [1.807, 2.05) is 0 Å². The van der Waals surface area contributed by atoms with Crippen molar-refractivity contribution in [3.05, 3.63) is 38.9 Å². The average molecular weight is 339 g/mol. The molecule has 1 aromatic rings. The Bertz CT molecular complexity index is 716. The normalized spacial score (nSPS) is 32.8. The highest BCUT2D eigenvalue weighted by Crippen LogP contribution is 2.42. The molecule has 1 saturated heterocycles. The summed E-state index contributed by atoms with van der Waals surface area (Å²) in [6, 6.07) is 1.56. The number of ether oxygens (including phenoxy) is 2. The van der Waals surface area contributed by atoms with E-state index in [1.54, 1.807) is 26.8 Å². The minimum atomic E-state index is -1.86. The summed E-state index contributed by atoms with van der Waals surface area (Å²) in [7, 11) is 0. The van der Waals surface area contributed by atoms with Gasteiger partial charge in [-0.15, -0.1) is 0 Å². The predicted octanol–water partition coefficient (Wildman–Crippen LogP) is 0.408. The summed E-state index contributed by atoms with van der Waals surface area (Å²) in [5.41, 5.74) is 5.14. The minimum absolute atomic E-state index is 0.223. The van der Waals surface area contributed by atoms with E-state index in [1.165, 1.54) is 13.1 Å². The fourth-order valence-electron chi connectivity index (χ4n) is 2.62. The molecule has 2 rings (SSSR count). The highest BCUT2D eigenvalue weighted by Gasteiger charge is 2.61. The first-order valence-electron chi connectivity index (χ1n) is 7.47. The van der Waals surface area contributed by atoms with Crippen LogP contribution in [0, 0.1) is 6.92 Å². The minimum Gasteiger partial charge on any atom is -0.387 e. The Labute approximate surface area is 138 Å². The molecule has 2 heterocycles. The summed E-state index contributed by atoms with van der Waals surface area (Å²) in [6.45, 7) is 6.29. The van der Waals surface area contributed by atoms with Gasteiger partial charge in [-0.25, -0.2) is 4.79 Å². The molecule has 4 atom stereocenters. The number of hydrogen-bond donors (Lipinski definition) is 2. The molecule has 1 aliphatic rings. The molecule has 0 radical (unpaired) electrons. The molecule has 1 aromatic heterocycles. The molecule has 0 aliphatic carbocycles. The lowest BCUT2D eigenvalue weighted by Crippen LogP contribution is -2.48. The maximum atomic E-state index is 12.2. The molecular formula is C14H21N5O5. The molecule has 0 amide bonds. The monoisotopic (exact) mass is 339 g/mol. The van der Waals surface area contributed by atoms with Gasteiger partial charge in [-0.05, 0) is 39.3 Å². The molecule has 24 heavy (non-hydrogen) atoms. The second-order valence-corrected chi connectivity index (χ2v) is 6.16. The van der Waals surface area contributed by atoms with E-state index in [4.69, 9.17) is 15.0 Å². The van der Waals surface area contributed by atoms with Gasteiger partial charge >= 0.3 is 5.69 Å². The number of aliphatic hydroxyl groups excluding tert-OH is 2. The van der Waals surface area contributed by atoms with Crippen LogP contribution in [-0.4, -0.2) is 50.4 Å². The summed E-state index contributed by atoms with van der Waals surface area (Å²) in [4.78, 5) is 18.6. The predicted molar refractivity (Wildman–Crippen MR) is 82.9 cm³/mol. The first kappa shape index (κ1) is 18.4. The van der Waals surface area contributed by atoms with Crippen molar-refractivity contribution in [1.29, 1.82) is 0 Å². The molecule has 1 fully saturated rings. The molecule has 10 heteroatoms. The molecule has 1 aliphatic heterocycles. The standard InChI is InChI=1S/C14H21N5O5/c1-8(2)23-7-14(17-18-15)11(21)10(20)13(4,24-14)19-6-5-9(3)16-12(19)22/h5-6,8,10-11,20-21H,7H2,1-4H3/t10-,11+,13-,14-/m1/s1. The Morgan fingerprint density at radius 2 is 2.21 bits per heavy atom. The zero-order chi connectivity index (χ0) is 18.1. The van der Waals surface area contributed by atoms with Crippen molar-refractivity contribution in [1.82, 2.24) is 9.55 Å². The highest BCUT2D eigenvalue weighted by atomic mass is 16.6. The molecule has 2 N–H and O–H groups in total. The number of hydrogen-bond acceptors (Lipinski definition) is 7. The Morgan fingerprint density at radius 3 is 2.75 bits per heavy atom. The van der Waals surface area contributed by atoms with Crippen LogP contribution in [0.25, 0.3) is 10.4 Å². The molecule has 132 valence electrons. The molecular weight excluding hydrogens is 318 g/mol. The van der Waals surface area contributed by atoms with Crippen LogP contribution in [0.2, 0.25) is 0 Å². The summed E-state index contributed by atoms with van der Waals surface area (Å²) >= 11 is 0. The van der Waals surface area contributed by atoms with E-state index in [9.17, 15) is 15.0 Å². The smallest absolute Gasteiger partial charge is 0.350 e. The van der Waals surface area contributed by atoms with Crippen molar-refractivity contribution in [3.8, 4) is 0 Å². The Morgan fingerprint density at radius 1 is 1.54 bits per heavy atom. The second-order valence-electron chi connectivity index (χ2n) is 6.16. The van der Waals surface area contributed by atoms with Crippen LogP contribution in [0.4, 0.5) is 0 Å². The van der Waals surface area contributed by atoms with E-state index in [2.05, 4.69) is 15.0 Å². The van der Waals surface area contributed by atoms with Crippen LogP contribution < -0.4 is 5.69 Å². The average Bonchev–Trinajstić information content (AvgIpc) is 2.68. The van der Waals surface area contributed by atoms with Crippen molar-refractivity contribution in [3.63, 3.8) is 0 Å². The highest BCUT2D eigenvalue weighted by molar-refractivity contribution is 5.07. The number of aryl methyl sites for hydroxylation is 1. The van der Waals surface area contributed by atoms with Gasteiger partial charge in [-0.3, -0.25) is 4.57 Å². The van der Waals surface area contributed by atoms with Crippen LogP contribution in [0.15, 0.2) is 22.2 Å². The van der Waals surface area contributed by atoms with Crippen molar-refractivity contribution in [2.45, 2.75) is 57.5 Å². The van der Waals surface area contributed by atoms with Gasteiger partial charge in [-0.1, -0.05) is 5.11 Å². The Hall–Kier alpha value is -1.97. The van der Waals surface area contributed by atoms with Crippen molar-refractivity contribution in [2.24, 2.45) is 5.11 Å². The molecule has 0 spiro atoms. The molecule has 0 bridgehead atoms. The van der Waals surface area contributed by atoms with E-state index >= 15 is 0 Å². The van der Waals surface area contributed by atoms with Crippen LogP contribution in [0.1, 0.15) is 26.5 Å². The van der Waals surface area contributed by atoms with Gasteiger partial charge in [0, 0.05) is 16.8 Å². The zero-order valence-electron chi connectivity index (χ0n) is 13.9. The third kappa shape index (κ3) is 3.02. The second kappa shape index (κ2) is 6.50. The quantitative estimate of drug-likeness (QED) is 0.452. The fraction of sp³-hybridized carbons (Fsp3) is 0.714. The van der Waals surface area contributed by atoms with Gasteiger partial charge in [0.2, 0.25) is 5.72 Å². The van der Waals surface area contributed by atoms with Gasteiger partial charge in [0.25, 0.3) is 0 Å². The van der Waals surface area contributed by atoms with Crippen LogP contribution in [0.3, 0.4) is 0 Å². The Kier molecular flexibility index (Phi) is 4.97. The summed E-state index contributed by atoms with van der Waals surface area (Å²) < 4.78 is 12.2. The molecule has 0 aromatic carbocycles. The zero-order valence-corrected chi connectivity index (χ0v) is 13.9. The van der Waals surface area contributed by atoms with Crippen molar-refractivity contribution < 1.29 is 19.7 Å². The lowest BCUT2D eigenvalue weighted by molar-refractivity contribution is -0.189. The van der Waals surface area contributed by atoms with Crippen LogP contribution in [0.5, 0.6) is 0 Å². The van der Waals surface area contributed by atoms with Gasteiger partial charge in [0.15, 0.2) is 5.72 Å². The van der Waals surface area contributed by atoms with E-state index < -0.39 is 29.3 Å². The lowest BCUT2D eigenvalue weighted by Gasteiger charge is -2.31. The number of nitrogens with zero attached hydrogens (tertiary/aromatic N) is 5. The lowest BCUT2D eigenvalue weighted by atomic mass is 10.0. The van der Waals surface area contributed by atoms with E-state index in [0.717, 1.165) is 4.57 Å². The fourth-order valence-corrected chi connectivity index (χ4v) is 2.62. The molecule has 0 saturated carbocycles. The van der Waals surface area contributed by atoms with E-state index in [-0.39, 0.29) is 12.7 Å². The summed E-state index contributed by atoms with van der Waals surface area (Å²) in [5.74, 6) is 0. The number of azide groups is 1. The van der Waals surface area contributed by atoms with E-state index in [0.29, 0.717) is 5.69 Å². The van der Waals surface area contributed by atoms with Gasteiger partial charge in [0.05, 0.1) is 12.7 Å². The van der Waals surface area contributed by atoms with Crippen molar-refractivity contribution in [2.75, 3.05) is 6.61 Å². The van der Waals surface area contributed by atoms with Crippen LogP contribution in [-0.2, 0) is 15.2 Å². The third-order valence-corrected chi connectivity index (χ3v) is 3.95. The number of aromatic nitrogens is 2. The van der Waals surface area contributed by atoms with Gasteiger partial charge in [0.1, 0.15) is 12.2 Å². The largest absolute Gasteiger partial charge is 0.387 e. The molecule has 0 unspecified atom stereocenters. The first-order valence-corrected chi connectivity index (χ1v) is 7.47. The summed E-state index contributed by atoms with van der Waals surface area (Å²) in [6.07, 6.45) is -1.96. The van der Waals surface area contributed by atoms with Gasteiger partial charge in [-0.2, -0.15) is 4.98 Å². The third-order valence-electron chi connectivity index (χ3n) is 3.95. The number of rotatable bonds is 5. The maximum absolute atomic E-state index is 12.2. The summed E-state index contributed by atoms with van der Waals surface area (Å²) in [5, 5.41) is 24.4.